The highest BCUT2D eigenvalue weighted by Gasteiger charge is 2.62. The molecule has 3 N–H and O–H groups in total. The van der Waals surface area contributed by atoms with Gasteiger partial charge >= 0.3 is 5.97 Å². The fourth-order valence-corrected chi connectivity index (χ4v) is 3.35. The molecule has 0 saturated heterocycles. The lowest BCUT2D eigenvalue weighted by Gasteiger charge is -2.51. The molecule has 0 aromatic heterocycles. The molecule has 0 aromatic carbocycles. The van der Waals surface area contributed by atoms with Crippen molar-refractivity contribution in [3.05, 3.63) is 0 Å². The Morgan fingerprint density at radius 1 is 1.40 bits per heavy atom. The Hall–Kier alpha value is -0.710. The average Bonchev–Trinajstić information content (AvgIpc) is 2.35. The van der Waals surface area contributed by atoms with E-state index in [1.54, 1.807) is 0 Å². The van der Waals surface area contributed by atoms with E-state index in [0.29, 0.717) is 6.42 Å². The molecule has 2 aliphatic rings. The van der Waals surface area contributed by atoms with Crippen molar-refractivity contribution in [3.63, 3.8) is 0 Å². The molecule has 0 aromatic rings. The van der Waals surface area contributed by atoms with Gasteiger partial charge in [0.15, 0.2) is 0 Å². The van der Waals surface area contributed by atoms with Gasteiger partial charge in [0.25, 0.3) is 0 Å². The second-order valence-corrected chi connectivity index (χ2v) is 4.97. The first kappa shape index (κ1) is 10.8. The standard InChI is InChI=1S/C10H15F2NO2/c11-10(12)2-6-1-9(5-13,4-8(14)15)7(6)3-10/h6-7H,1-5,13H2,(H,14,15)/t6-,7+,9+/m0/s1. The number of halogens is 2. The molecule has 0 spiro atoms. The Labute approximate surface area is 86.6 Å². The van der Waals surface area contributed by atoms with Crippen LogP contribution >= 0.6 is 0 Å². The third kappa shape index (κ3) is 1.62. The van der Waals surface area contributed by atoms with Crippen molar-refractivity contribution in [1.29, 1.82) is 0 Å². The van der Waals surface area contributed by atoms with Crippen molar-refractivity contribution in [2.45, 2.75) is 31.6 Å². The number of nitrogens with two attached hydrogens (primary N) is 1. The maximum atomic E-state index is 13.1. The molecular weight excluding hydrogens is 204 g/mol. The van der Waals surface area contributed by atoms with E-state index in [4.69, 9.17) is 10.8 Å². The molecule has 86 valence electrons. The van der Waals surface area contributed by atoms with E-state index in [1.807, 2.05) is 0 Å². The molecule has 0 bridgehead atoms. The molecule has 2 fully saturated rings. The number of hydrogen-bond acceptors (Lipinski definition) is 2. The first-order chi connectivity index (χ1) is 6.88. The van der Waals surface area contributed by atoms with Crippen LogP contribution < -0.4 is 5.73 Å². The highest BCUT2D eigenvalue weighted by Crippen LogP contribution is 2.63. The lowest BCUT2D eigenvalue weighted by atomic mass is 9.53. The SMILES string of the molecule is NC[C@]1(CC(=O)O)C[C@H]2CC(F)(F)C[C@H]21. The molecule has 2 rings (SSSR count). The lowest BCUT2D eigenvalue weighted by molar-refractivity contribution is -0.145. The first-order valence-electron chi connectivity index (χ1n) is 5.18. The largest absolute Gasteiger partial charge is 0.481 e. The highest BCUT2D eigenvalue weighted by atomic mass is 19.3. The zero-order valence-electron chi connectivity index (χ0n) is 8.38. The number of rotatable bonds is 3. The molecule has 0 radical (unpaired) electrons. The second kappa shape index (κ2) is 3.14. The molecule has 2 aliphatic carbocycles. The van der Waals surface area contributed by atoms with Crippen LogP contribution in [0.4, 0.5) is 8.78 Å². The zero-order valence-corrected chi connectivity index (χ0v) is 8.38. The van der Waals surface area contributed by atoms with Crippen LogP contribution in [-0.4, -0.2) is 23.5 Å². The van der Waals surface area contributed by atoms with Gasteiger partial charge in [0.05, 0.1) is 6.42 Å². The van der Waals surface area contributed by atoms with Gasteiger partial charge in [-0.2, -0.15) is 0 Å². The number of carbonyl (C=O) groups is 1. The zero-order chi connectivity index (χ0) is 11.3. The van der Waals surface area contributed by atoms with Gasteiger partial charge in [-0.1, -0.05) is 0 Å². The number of aliphatic carboxylic acids is 1. The summed E-state index contributed by atoms with van der Waals surface area (Å²) in [5, 5.41) is 8.75. The summed E-state index contributed by atoms with van der Waals surface area (Å²) in [6.45, 7) is 0.205. The van der Waals surface area contributed by atoms with Crippen LogP contribution in [0.2, 0.25) is 0 Å². The van der Waals surface area contributed by atoms with Crippen molar-refractivity contribution in [2.24, 2.45) is 23.0 Å². The molecule has 15 heavy (non-hydrogen) atoms. The van der Waals surface area contributed by atoms with Gasteiger partial charge in [0, 0.05) is 12.8 Å². The summed E-state index contributed by atoms with van der Waals surface area (Å²) in [6, 6.07) is 0. The Morgan fingerprint density at radius 3 is 2.53 bits per heavy atom. The quantitative estimate of drug-likeness (QED) is 0.755. The van der Waals surface area contributed by atoms with Gasteiger partial charge in [0.2, 0.25) is 5.92 Å². The third-order valence-electron chi connectivity index (χ3n) is 4.01. The highest BCUT2D eigenvalue weighted by molar-refractivity contribution is 5.68. The normalized spacial score (nSPS) is 42.1. The number of fused-ring (bicyclic) bond motifs is 1. The molecule has 0 heterocycles. The lowest BCUT2D eigenvalue weighted by Crippen LogP contribution is -2.51. The van der Waals surface area contributed by atoms with Crippen molar-refractivity contribution in [1.82, 2.24) is 0 Å². The minimum Gasteiger partial charge on any atom is -0.481 e. The fraction of sp³-hybridized carbons (Fsp3) is 0.900. The summed E-state index contributed by atoms with van der Waals surface area (Å²) in [7, 11) is 0. The monoisotopic (exact) mass is 219 g/mol. The summed E-state index contributed by atoms with van der Waals surface area (Å²) < 4.78 is 26.2. The first-order valence-corrected chi connectivity index (χ1v) is 5.18. The fourth-order valence-electron chi connectivity index (χ4n) is 3.35. The van der Waals surface area contributed by atoms with Crippen LogP contribution in [0.25, 0.3) is 0 Å². The average molecular weight is 219 g/mol. The minimum atomic E-state index is -2.61. The molecule has 3 nitrogen and oxygen atoms in total. The van der Waals surface area contributed by atoms with E-state index in [9.17, 15) is 13.6 Å². The summed E-state index contributed by atoms with van der Waals surface area (Å²) in [5.74, 6) is -3.74. The number of carboxylic acids is 1. The van der Waals surface area contributed by atoms with Crippen LogP contribution in [0.15, 0.2) is 0 Å². The van der Waals surface area contributed by atoms with E-state index in [1.165, 1.54) is 0 Å². The van der Waals surface area contributed by atoms with Crippen molar-refractivity contribution in [2.75, 3.05) is 6.54 Å². The molecule has 0 amide bonds. The predicted octanol–water partition coefficient (Wildman–Crippen LogP) is 1.47. The van der Waals surface area contributed by atoms with Crippen LogP contribution in [0, 0.1) is 17.3 Å². The van der Waals surface area contributed by atoms with Crippen LogP contribution in [0.5, 0.6) is 0 Å². The molecule has 2 saturated carbocycles. The smallest absolute Gasteiger partial charge is 0.303 e. The number of hydrogen-bond donors (Lipinski definition) is 2. The van der Waals surface area contributed by atoms with Crippen molar-refractivity contribution < 1.29 is 18.7 Å². The van der Waals surface area contributed by atoms with Crippen LogP contribution in [0.3, 0.4) is 0 Å². The summed E-state index contributed by atoms with van der Waals surface area (Å²) in [4.78, 5) is 10.7. The third-order valence-corrected chi connectivity index (χ3v) is 4.01. The van der Waals surface area contributed by atoms with Crippen molar-refractivity contribution >= 4 is 5.97 Å². The maximum absolute atomic E-state index is 13.1. The van der Waals surface area contributed by atoms with E-state index >= 15 is 0 Å². The maximum Gasteiger partial charge on any atom is 0.303 e. The van der Waals surface area contributed by atoms with Crippen molar-refractivity contribution in [3.8, 4) is 0 Å². The van der Waals surface area contributed by atoms with Gasteiger partial charge in [-0.25, -0.2) is 8.78 Å². The van der Waals surface area contributed by atoms with E-state index in [-0.39, 0.29) is 37.6 Å². The van der Waals surface area contributed by atoms with E-state index in [2.05, 4.69) is 0 Å². The Kier molecular flexibility index (Phi) is 2.26. The molecular formula is C10H15F2NO2. The Balaban J connectivity index is 2.10. The minimum absolute atomic E-state index is 0.0112. The van der Waals surface area contributed by atoms with Crippen LogP contribution in [0.1, 0.15) is 25.7 Å². The second-order valence-electron chi connectivity index (χ2n) is 4.97. The number of carboxylic acid groups (broad SMARTS) is 1. The molecule has 0 aliphatic heterocycles. The van der Waals surface area contributed by atoms with E-state index in [0.717, 1.165) is 0 Å². The van der Waals surface area contributed by atoms with Gasteiger partial charge in [0.1, 0.15) is 0 Å². The van der Waals surface area contributed by atoms with Gasteiger partial charge in [-0.15, -0.1) is 0 Å². The summed E-state index contributed by atoms with van der Waals surface area (Å²) >= 11 is 0. The molecule has 3 atom stereocenters. The topological polar surface area (TPSA) is 63.3 Å². The van der Waals surface area contributed by atoms with Gasteiger partial charge < -0.3 is 10.8 Å². The summed E-state index contributed by atoms with van der Waals surface area (Å²) in [5.41, 5.74) is 4.99. The summed E-state index contributed by atoms with van der Waals surface area (Å²) in [6.07, 6.45) is 0.220. The number of alkyl halides is 2. The molecule has 5 heteroatoms. The van der Waals surface area contributed by atoms with E-state index < -0.39 is 17.3 Å². The van der Waals surface area contributed by atoms with Gasteiger partial charge in [-0.05, 0) is 30.2 Å². The Bertz CT molecular complexity index is 295. The Morgan fingerprint density at radius 2 is 2.07 bits per heavy atom. The predicted molar refractivity (Wildman–Crippen MR) is 49.5 cm³/mol. The van der Waals surface area contributed by atoms with Gasteiger partial charge in [-0.3, -0.25) is 4.79 Å². The molecule has 0 unspecified atom stereocenters. The van der Waals surface area contributed by atoms with Crippen LogP contribution in [-0.2, 0) is 4.79 Å².